The Balaban J connectivity index is 1.97. The fraction of sp³-hybridized carbons (Fsp3) is 0.632. The minimum Gasteiger partial charge on any atom is -0.340 e. The first-order valence-electron chi connectivity index (χ1n) is 8.72. The summed E-state index contributed by atoms with van der Waals surface area (Å²) < 4.78 is 0. The van der Waals surface area contributed by atoms with Gasteiger partial charge in [0.05, 0.1) is 6.04 Å². The van der Waals surface area contributed by atoms with Gasteiger partial charge in [-0.2, -0.15) is 0 Å². The van der Waals surface area contributed by atoms with E-state index in [4.69, 9.17) is 0 Å². The monoisotopic (exact) mass is 302 g/mol. The van der Waals surface area contributed by atoms with Gasteiger partial charge >= 0.3 is 0 Å². The minimum atomic E-state index is 0.0913. The molecule has 0 saturated carbocycles. The summed E-state index contributed by atoms with van der Waals surface area (Å²) in [5.74, 6) is 0.285. The van der Waals surface area contributed by atoms with E-state index in [1.54, 1.807) is 0 Å². The van der Waals surface area contributed by atoms with Crippen LogP contribution in [0.4, 0.5) is 0 Å². The molecule has 1 unspecified atom stereocenters. The molecular formula is C19H30N2O. The lowest BCUT2D eigenvalue weighted by Gasteiger charge is -2.36. The zero-order chi connectivity index (χ0) is 15.9. The number of carbonyl (C=O) groups is 1. The number of aryl methyl sites for hydroxylation is 1. The van der Waals surface area contributed by atoms with Crippen LogP contribution >= 0.6 is 0 Å². The van der Waals surface area contributed by atoms with E-state index in [2.05, 4.69) is 43.0 Å². The molecule has 1 aromatic carbocycles. The molecule has 22 heavy (non-hydrogen) atoms. The third-order valence-corrected chi connectivity index (χ3v) is 4.64. The number of rotatable bonds is 6. The van der Waals surface area contributed by atoms with Gasteiger partial charge < -0.3 is 4.90 Å². The van der Waals surface area contributed by atoms with Gasteiger partial charge in [0.1, 0.15) is 0 Å². The Morgan fingerprint density at radius 1 is 1.18 bits per heavy atom. The summed E-state index contributed by atoms with van der Waals surface area (Å²) in [6, 6.07) is 8.71. The number of hydrogen-bond acceptors (Lipinski definition) is 2. The molecular weight excluding hydrogens is 272 g/mol. The first kappa shape index (κ1) is 17.0. The highest BCUT2D eigenvalue weighted by Crippen LogP contribution is 2.20. The molecule has 0 N–H and O–H groups in total. The van der Waals surface area contributed by atoms with Gasteiger partial charge in [-0.3, -0.25) is 9.69 Å². The van der Waals surface area contributed by atoms with Crippen LogP contribution in [-0.2, 0) is 17.8 Å². The molecule has 1 saturated heterocycles. The van der Waals surface area contributed by atoms with Gasteiger partial charge in [0.2, 0.25) is 5.91 Å². The highest BCUT2D eigenvalue weighted by Gasteiger charge is 2.29. The third-order valence-electron chi connectivity index (χ3n) is 4.64. The molecule has 3 nitrogen and oxygen atoms in total. The van der Waals surface area contributed by atoms with Crippen molar-refractivity contribution in [3.8, 4) is 0 Å². The summed E-state index contributed by atoms with van der Waals surface area (Å²) >= 11 is 0. The maximum atomic E-state index is 12.8. The second kappa shape index (κ2) is 8.33. The van der Waals surface area contributed by atoms with Gasteiger partial charge in [-0.25, -0.2) is 0 Å². The summed E-state index contributed by atoms with van der Waals surface area (Å²) in [5, 5.41) is 0. The molecule has 1 fully saturated rings. The highest BCUT2D eigenvalue weighted by atomic mass is 16.2. The van der Waals surface area contributed by atoms with Crippen molar-refractivity contribution < 1.29 is 4.79 Å². The van der Waals surface area contributed by atoms with E-state index in [0.29, 0.717) is 6.54 Å². The molecule has 1 atom stereocenters. The lowest BCUT2D eigenvalue weighted by atomic mass is 10.0. The topological polar surface area (TPSA) is 23.6 Å². The molecule has 1 amide bonds. The second-order valence-electron chi connectivity index (χ2n) is 6.41. The van der Waals surface area contributed by atoms with E-state index in [1.807, 2.05) is 11.9 Å². The maximum Gasteiger partial charge on any atom is 0.239 e. The molecule has 1 aliphatic rings. The molecule has 0 aliphatic carbocycles. The van der Waals surface area contributed by atoms with E-state index in [-0.39, 0.29) is 11.9 Å². The van der Waals surface area contributed by atoms with Gasteiger partial charge in [-0.05, 0) is 49.9 Å². The molecule has 2 rings (SSSR count). The molecule has 122 valence electrons. The van der Waals surface area contributed by atoms with Crippen molar-refractivity contribution in [3.05, 3.63) is 35.4 Å². The molecule has 1 heterocycles. The largest absolute Gasteiger partial charge is 0.340 e. The Kier molecular flexibility index (Phi) is 6.44. The van der Waals surface area contributed by atoms with Crippen LogP contribution < -0.4 is 0 Å². The standard InChI is InChI=1S/C19H30N2O/c1-4-13-21-14-7-6-8-18(21)19(22)20(3)15-17-11-9-16(5-2)10-12-17/h9-12,18H,4-8,13-15H2,1-3H3. The summed E-state index contributed by atoms with van der Waals surface area (Å²) in [5.41, 5.74) is 2.56. The Labute approximate surface area is 135 Å². The van der Waals surface area contributed by atoms with Crippen molar-refractivity contribution in [2.75, 3.05) is 20.1 Å². The van der Waals surface area contributed by atoms with Crippen LogP contribution in [0.1, 0.15) is 50.7 Å². The van der Waals surface area contributed by atoms with Crippen LogP contribution in [0.3, 0.4) is 0 Å². The van der Waals surface area contributed by atoms with Crippen molar-refractivity contribution >= 4 is 5.91 Å². The zero-order valence-electron chi connectivity index (χ0n) is 14.3. The number of hydrogen-bond donors (Lipinski definition) is 0. The molecule has 3 heteroatoms. The number of piperidine rings is 1. The second-order valence-corrected chi connectivity index (χ2v) is 6.41. The normalized spacial score (nSPS) is 19.1. The van der Waals surface area contributed by atoms with Crippen LogP contribution in [0.25, 0.3) is 0 Å². The van der Waals surface area contributed by atoms with Gasteiger partial charge in [0, 0.05) is 13.6 Å². The third kappa shape index (κ3) is 4.33. The smallest absolute Gasteiger partial charge is 0.239 e. The quantitative estimate of drug-likeness (QED) is 0.803. The lowest BCUT2D eigenvalue weighted by Crippen LogP contribution is -2.49. The minimum absolute atomic E-state index is 0.0913. The first-order valence-corrected chi connectivity index (χ1v) is 8.72. The van der Waals surface area contributed by atoms with E-state index < -0.39 is 0 Å². The van der Waals surface area contributed by atoms with Gasteiger partial charge in [-0.15, -0.1) is 0 Å². The van der Waals surface area contributed by atoms with Crippen molar-refractivity contribution in [2.24, 2.45) is 0 Å². The Morgan fingerprint density at radius 3 is 2.50 bits per heavy atom. The van der Waals surface area contributed by atoms with Crippen LogP contribution in [0.2, 0.25) is 0 Å². The maximum absolute atomic E-state index is 12.8. The molecule has 0 bridgehead atoms. The number of likely N-dealkylation sites (N-methyl/N-ethyl adjacent to an activating group) is 1. The van der Waals surface area contributed by atoms with Crippen molar-refractivity contribution in [1.29, 1.82) is 0 Å². The number of benzene rings is 1. The van der Waals surface area contributed by atoms with E-state index in [1.165, 1.54) is 24.0 Å². The Morgan fingerprint density at radius 2 is 1.86 bits per heavy atom. The number of amides is 1. The van der Waals surface area contributed by atoms with Crippen LogP contribution in [0.5, 0.6) is 0 Å². The molecule has 1 aliphatic heterocycles. The van der Waals surface area contributed by atoms with Gasteiger partial charge in [-0.1, -0.05) is 44.5 Å². The van der Waals surface area contributed by atoms with Crippen molar-refractivity contribution in [1.82, 2.24) is 9.80 Å². The average Bonchev–Trinajstić information content (AvgIpc) is 2.55. The number of carbonyl (C=O) groups excluding carboxylic acids is 1. The van der Waals surface area contributed by atoms with Gasteiger partial charge in [0.15, 0.2) is 0 Å². The first-order chi connectivity index (χ1) is 10.7. The van der Waals surface area contributed by atoms with E-state index in [0.717, 1.165) is 32.4 Å². The van der Waals surface area contributed by atoms with Crippen LogP contribution in [0, 0.1) is 0 Å². The van der Waals surface area contributed by atoms with E-state index >= 15 is 0 Å². The number of likely N-dealkylation sites (tertiary alicyclic amines) is 1. The molecule has 0 aromatic heterocycles. The van der Waals surface area contributed by atoms with Crippen molar-refractivity contribution in [2.45, 2.75) is 58.5 Å². The Hall–Kier alpha value is -1.35. The molecule has 0 radical (unpaired) electrons. The predicted molar refractivity (Wildman–Crippen MR) is 91.8 cm³/mol. The predicted octanol–water partition coefficient (Wildman–Crippen LogP) is 3.47. The number of nitrogens with zero attached hydrogens (tertiary/aromatic N) is 2. The van der Waals surface area contributed by atoms with Crippen LogP contribution in [-0.4, -0.2) is 41.9 Å². The zero-order valence-corrected chi connectivity index (χ0v) is 14.3. The lowest BCUT2D eigenvalue weighted by molar-refractivity contribution is -0.137. The summed E-state index contributed by atoms with van der Waals surface area (Å²) in [6.45, 7) is 7.17. The van der Waals surface area contributed by atoms with Crippen molar-refractivity contribution in [3.63, 3.8) is 0 Å². The summed E-state index contributed by atoms with van der Waals surface area (Å²) in [6.07, 6.45) is 5.59. The molecule has 0 spiro atoms. The average molecular weight is 302 g/mol. The fourth-order valence-corrected chi connectivity index (χ4v) is 3.31. The van der Waals surface area contributed by atoms with E-state index in [9.17, 15) is 4.79 Å². The fourth-order valence-electron chi connectivity index (χ4n) is 3.31. The Bertz CT molecular complexity index is 467. The summed E-state index contributed by atoms with van der Waals surface area (Å²) in [7, 11) is 1.94. The van der Waals surface area contributed by atoms with Crippen LogP contribution in [0.15, 0.2) is 24.3 Å². The molecule has 1 aromatic rings. The van der Waals surface area contributed by atoms with Gasteiger partial charge in [0.25, 0.3) is 0 Å². The highest BCUT2D eigenvalue weighted by molar-refractivity contribution is 5.81. The summed E-state index contributed by atoms with van der Waals surface area (Å²) in [4.78, 5) is 17.1. The SMILES string of the molecule is CCCN1CCCCC1C(=O)N(C)Cc1ccc(CC)cc1.